The molecule has 0 unspecified atom stereocenters. The van der Waals surface area contributed by atoms with Crippen molar-refractivity contribution in [2.24, 2.45) is 0 Å². The van der Waals surface area contributed by atoms with Gasteiger partial charge in [-0.1, -0.05) is 36.9 Å². The van der Waals surface area contributed by atoms with Crippen molar-refractivity contribution in [3.63, 3.8) is 0 Å². The molecule has 2 aromatic carbocycles. The maximum Gasteiger partial charge on any atom is 0.318 e. The monoisotopic (exact) mass is 579 g/mol. The highest BCUT2D eigenvalue weighted by Gasteiger charge is 2.35. The number of anilines is 2. The van der Waals surface area contributed by atoms with Gasteiger partial charge in [-0.3, -0.25) is 9.69 Å². The topological polar surface area (TPSA) is 69.4 Å². The first-order chi connectivity index (χ1) is 20.9. The third kappa shape index (κ3) is 6.02. The molecule has 1 aliphatic carbocycles. The molecule has 2 atom stereocenters. The highest BCUT2D eigenvalue weighted by atomic mass is 16.5. The van der Waals surface area contributed by atoms with Gasteiger partial charge in [-0.05, 0) is 63.2 Å². The van der Waals surface area contributed by atoms with E-state index in [1.165, 1.54) is 40.9 Å². The molecule has 3 aliphatic rings. The largest absolute Gasteiger partial charge is 0.459 e. The summed E-state index contributed by atoms with van der Waals surface area (Å²) in [5.41, 5.74) is 4.59. The summed E-state index contributed by atoms with van der Waals surface area (Å²) in [4.78, 5) is 35.0. The average molecular weight is 580 g/mol. The Kier molecular flexibility index (Phi) is 8.22. The van der Waals surface area contributed by atoms with Gasteiger partial charge in [0.2, 0.25) is 12.5 Å². The van der Waals surface area contributed by atoms with Crippen LogP contribution in [-0.4, -0.2) is 90.2 Å². The van der Waals surface area contributed by atoms with E-state index in [0.29, 0.717) is 38.2 Å². The summed E-state index contributed by atoms with van der Waals surface area (Å²) < 4.78 is 6.41. The second-order valence-corrected chi connectivity index (χ2v) is 12.2. The minimum atomic E-state index is -0.225. The zero-order valence-corrected chi connectivity index (χ0v) is 25.5. The number of carbonyl (C=O) groups is 1. The van der Waals surface area contributed by atoms with E-state index >= 15 is 0 Å². The van der Waals surface area contributed by atoms with Crippen molar-refractivity contribution in [2.75, 3.05) is 56.1 Å². The third-order valence-corrected chi connectivity index (χ3v) is 9.02. The zero-order valence-electron chi connectivity index (χ0n) is 25.5. The predicted molar refractivity (Wildman–Crippen MR) is 171 cm³/mol. The van der Waals surface area contributed by atoms with E-state index in [1.54, 1.807) is 4.90 Å². The molecule has 9 nitrogen and oxygen atoms in total. The molecule has 0 bridgehead atoms. The Labute approximate surface area is 254 Å². The molecule has 3 heterocycles. The molecule has 1 saturated carbocycles. The van der Waals surface area contributed by atoms with Crippen LogP contribution in [0.25, 0.3) is 15.6 Å². The number of benzene rings is 2. The van der Waals surface area contributed by atoms with Gasteiger partial charge in [0.05, 0.1) is 12.2 Å². The molecule has 6 rings (SSSR count). The lowest BCUT2D eigenvalue weighted by Gasteiger charge is -2.41. The number of rotatable bonds is 9. The van der Waals surface area contributed by atoms with Gasteiger partial charge in [0.25, 0.3) is 0 Å². The third-order valence-electron chi connectivity index (χ3n) is 9.02. The molecule has 1 aromatic heterocycles. The molecular formula is C34H41N7O2. The fourth-order valence-corrected chi connectivity index (χ4v) is 6.68. The number of hydrogen-bond acceptors (Lipinski definition) is 7. The van der Waals surface area contributed by atoms with Gasteiger partial charge in [-0.15, -0.1) is 0 Å². The van der Waals surface area contributed by atoms with Crippen LogP contribution in [0.5, 0.6) is 6.01 Å². The first kappa shape index (κ1) is 28.9. The van der Waals surface area contributed by atoms with Crippen LogP contribution in [0.1, 0.15) is 36.6 Å². The number of likely N-dealkylation sites (N-methyl/N-ethyl adjacent to an activating group) is 1. The fraction of sp³-hybridized carbons (Fsp3) is 0.471. The fourth-order valence-electron chi connectivity index (χ4n) is 6.68. The molecule has 3 aromatic rings. The maximum absolute atomic E-state index is 12.6. The van der Waals surface area contributed by atoms with Gasteiger partial charge in [0, 0.05) is 55.4 Å². The smallest absolute Gasteiger partial charge is 0.318 e. The SMILES string of the molecule is [C-]#[N+]C[C@H]1CN(c2nc(O[C@@H](C)CN(C)C3CC3)nc3c2CCN(c2cccc4cccc(C)c24)C3)CCN1C(=O)C=C. The van der Waals surface area contributed by atoms with Crippen molar-refractivity contribution in [3.8, 4) is 6.01 Å². The van der Waals surface area contributed by atoms with Gasteiger partial charge in [-0.25, -0.2) is 6.57 Å². The van der Waals surface area contributed by atoms with E-state index in [9.17, 15) is 4.79 Å². The van der Waals surface area contributed by atoms with Crippen LogP contribution in [0.4, 0.5) is 11.5 Å². The molecular weight excluding hydrogens is 538 g/mol. The zero-order chi connectivity index (χ0) is 30.1. The maximum atomic E-state index is 12.6. The van der Waals surface area contributed by atoms with Crippen molar-refractivity contribution in [2.45, 2.75) is 57.8 Å². The minimum absolute atomic E-state index is 0.0613. The summed E-state index contributed by atoms with van der Waals surface area (Å²) in [5.74, 6) is 0.744. The number of fused-ring (bicyclic) bond motifs is 2. The van der Waals surface area contributed by atoms with E-state index in [0.717, 1.165) is 36.6 Å². The number of hydrogen-bond donors (Lipinski definition) is 0. The standard InChI is InChI=1S/C34H41N7O2/c1-6-31(42)41-18-17-40(21-27(41)19-35-4)33-28-15-16-39(30-12-8-11-25-10-7-9-23(2)32(25)30)22-29(28)36-34(37-33)43-24(3)20-38(5)26-13-14-26/h6-12,24,26-27H,1,13-22H2,2-3,5H3/t24-,27-/m0/s1. The van der Waals surface area contributed by atoms with Gasteiger partial charge in [-0.2, -0.15) is 9.97 Å². The predicted octanol–water partition coefficient (Wildman–Crippen LogP) is 4.48. The van der Waals surface area contributed by atoms with Gasteiger partial charge in [0.1, 0.15) is 18.0 Å². The molecule has 0 radical (unpaired) electrons. The molecule has 9 heteroatoms. The van der Waals surface area contributed by atoms with Crippen molar-refractivity contribution >= 4 is 28.2 Å². The number of amides is 1. The summed E-state index contributed by atoms with van der Waals surface area (Å²) in [6, 6.07) is 13.8. The summed E-state index contributed by atoms with van der Waals surface area (Å²) in [5, 5.41) is 2.52. The Hall–Kier alpha value is -4.16. The molecule has 0 spiro atoms. The highest BCUT2D eigenvalue weighted by molar-refractivity contribution is 5.97. The minimum Gasteiger partial charge on any atom is -0.459 e. The number of piperazine rings is 1. The first-order valence-corrected chi connectivity index (χ1v) is 15.4. The lowest BCUT2D eigenvalue weighted by atomic mass is 9.99. The van der Waals surface area contributed by atoms with Crippen LogP contribution in [0.3, 0.4) is 0 Å². The molecule has 1 amide bonds. The van der Waals surface area contributed by atoms with Crippen LogP contribution in [0.2, 0.25) is 0 Å². The Morgan fingerprint density at radius 2 is 1.98 bits per heavy atom. The summed E-state index contributed by atoms with van der Waals surface area (Å²) in [6.45, 7) is 19.7. The van der Waals surface area contributed by atoms with Crippen LogP contribution in [0, 0.1) is 13.5 Å². The molecule has 1 saturated heterocycles. The van der Waals surface area contributed by atoms with E-state index in [4.69, 9.17) is 21.3 Å². The van der Waals surface area contributed by atoms with Crippen LogP contribution in [-0.2, 0) is 17.8 Å². The molecule has 43 heavy (non-hydrogen) atoms. The number of carbonyl (C=O) groups excluding carboxylic acids is 1. The van der Waals surface area contributed by atoms with Gasteiger partial charge >= 0.3 is 6.01 Å². The molecule has 2 aliphatic heterocycles. The molecule has 0 N–H and O–H groups in total. The first-order valence-electron chi connectivity index (χ1n) is 15.4. The summed E-state index contributed by atoms with van der Waals surface area (Å²) >= 11 is 0. The second kappa shape index (κ2) is 12.2. The number of nitrogens with zero attached hydrogens (tertiary/aromatic N) is 7. The Balaban J connectivity index is 1.33. The highest BCUT2D eigenvalue weighted by Crippen LogP contribution is 2.36. The van der Waals surface area contributed by atoms with E-state index < -0.39 is 0 Å². The summed E-state index contributed by atoms with van der Waals surface area (Å²) in [6.07, 6.45) is 4.58. The lowest BCUT2D eigenvalue weighted by molar-refractivity contribution is -0.128. The number of aromatic nitrogens is 2. The van der Waals surface area contributed by atoms with Crippen molar-refractivity contribution < 1.29 is 9.53 Å². The molecule has 2 fully saturated rings. The average Bonchev–Trinajstić information content (AvgIpc) is 3.86. The van der Waals surface area contributed by atoms with Crippen LogP contribution in [0.15, 0.2) is 49.1 Å². The Morgan fingerprint density at radius 1 is 1.19 bits per heavy atom. The van der Waals surface area contributed by atoms with Crippen LogP contribution >= 0.6 is 0 Å². The van der Waals surface area contributed by atoms with E-state index in [2.05, 4.69) is 83.4 Å². The number of aryl methyl sites for hydroxylation is 1. The Morgan fingerprint density at radius 3 is 2.72 bits per heavy atom. The normalized spacial score (nSPS) is 19.2. The van der Waals surface area contributed by atoms with Crippen molar-refractivity contribution in [1.29, 1.82) is 0 Å². The van der Waals surface area contributed by atoms with Gasteiger partial charge in [0.15, 0.2) is 0 Å². The quantitative estimate of drug-likeness (QED) is 0.273. The Bertz CT molecular complexity index is 1560. The van der Waals surface area contributed by atoms with Crippen molar-refractivity contribution in [3.05, 3.63) is 77.3 Å². The summed E-state index contributed by atoms with van der Waals surface area (Å²) in [7, 11) is 2.15. The second-order valence-electron chi connectivity index (χ2n) is 12.2. The van der Waals surface area contributed by atoms with E-state index in [-0.39, 0.29) is 24.6 Å². The number of ether oxygens (including phenoxy) is 1. The lowest BCUT2D eigenvalue weighted by Crippen LogP contribution is -2.56. The van der Waals surface area contributed by atoms with E-state index in [1.807, 2.05) is 0 Å². The van der Waals surface area contributed by atoms with Gasteiger partial charge < -0.3 is 24.3 Å². The van der Waals surface area contributed by atoms with Crippen LogP contribution < -0.4 is 14.5 Å². The molecule has 224 valence electrons. The van der Waals surface area contributed by atoms with Crippen molar-refractivity contribution in [1.82, 2.24) is 19.8 Å².